The van der Waals surface area contributed by atoms with Crippen LogP contribution in [0.5, 0.6) is 5.75 Å². The molecule has 2 N–H and O–H groups in total. The molecule has 1 aliphatic heterocycles. The van der Waals surface area contributed by atoms with Crippen molar-refractivity contribution in [1.82, 2.24) is 15.5 Å². The third-order valence-electron chi connectivity index (χ3n) is 4.88. The van der Waals surface area contributed by atoms with E-state index < -0.39 is 12.1 Å². The Morgan fingerprint density at radius 3 is 2.48 bits per heavy atom. The standard InChI is InChI=1S/C22H25N3O4/c1-29-18-9-7-17(8-10-18)15-23-20(26)12-11-19-21(27)25(22(28)24-19)14-13-16-5-3-2-4-6-16/h2-10,19H,11-15H2,1H3,(H,23,26)(H,24,28)/t19-/m0/s1. The van der Waals surface area contributed by atoms with Gasteiger partial charge in [-0.2, -0.15) is 0 Å². The van der Waals surface area contributed by atoms with Crippen molar-refractivity contribution in [2.24, 2.45) is 0 Å². The fraction of sp³-hybridized carbons (Fsp3) is 0.318. The van der Waals surface area contributed by atoms with Gasteiger partial charge < -0.3 is 15.4 Å². The van der Waals surface area contributed by atoms with Crippen LogP contribution in [0.2, 0.25) is 0 Å². The lowest BCUT2D eigenvalue weighted by molar-refractivity contribution is -0.127. The quantitative estimate of drug-likeness (QED) is 0.638. The minimum Gasteiger partial charge on any atom is -0.497 e. The Balaban J connectivity index is 1.42. The number of hydrogen-bond acceptors (Lipinski definition) is 4. The van der Waals surface area contributed by atoms with Crippen molar-refractivity contribution in [3.05, 3.63) is 65.7 Å². The molecule has 7 nitrogen and oxygen atoms in total. The molecule has 1 aliphatic rings. The molecule has 1 fully saturated rings. The van der Waals surface area contributed by atoms with Gasteiger partial charge in [-0.05, 0) is 36.1 Å². The molecular weight excluding hydrogens is 370 g/mol. The lowest BCUT2D eigenvalue weighted by atomic mass is 10.1. The summed E-state index contributed by atoms with van der Waals surface area (Å²) in [7, 11) is 1.60. The van der Waals surface area contributed by atoms with Gasteiger partial charge in [-0.3, -0.25) is 14.5 Å². The van der Waals surface area contributed by atoms with Gasteiger partial charge in [-0.25, -0.2) is 4.79 Å². The molecular formula is C22H25N3O4. The summed E-state index contributed by atoms with van der Waals surface area (Å²) in [5, 5.41) is 5.50. The number of imide groups is 1. The first-order valence-electron chi connectivity index (χ1n) is 9.62. The van der Waals surface area contributed by atoms with Crippen molar-refractivity contribution in [3.8, 4) is 5.75 Å². The number of carbonyl (C=O) groups is 3. The highest BCUT2D eigenvalue weighted by atomic mass is 16.5. The van der Waals surface area contributed by atoms with Crippen LogP contribution in [0.1, 0.15) is 24.0 Å². The van der Waals surface area contributed by atoms with Crippen LogP contribution in [0.4, 0.5) is 4.79 Å². The molecule has 0 spiro atoms. The zero-order valence-corrected chi connectivity index (χ0v) is 16.4. The molecule has 0 aliphatic carbocycles. The number of amides is 4. The van der Waals surface area contributed by atoms with Crippen LogP contribution >= 0.6 is 0 Å². The molecule has 152 valence electrons. The van der Waals surface area contributed by atoms with Gasteiger partial charge in [0.2, 0.25) is 5.91 Å². The third kappa shape index (κ3) is 5.57. The Morgan fingerprint density at radius 2 is 1.79 bits per heavy atom. The first-order valence-corrected chi connectivity index (χ1v) is 9.62. The van der Waals surface area contributed by atoms with E-state index >= 15 is 0 Å². The molecule has 0 saturated carbocycles. The van der Waals surface area contributed by atoms with Gasteiger partial charge in [0.15, 0.2) is 0 Å². The highest BCUT2D eigenvalue weighted by Gasteiger charge is 2.37. The normalized spacial score (nSPS) is 15.9. The van der Waals surface area contributed by atoms with Crippen LogP contribution in [0.3, 0.4) is 0 Å². The van der Waals surface area contributed by atoms with E-state index in [1.807, 2.05) is 54.6 Å². The number of urea groups is 1. The van der Waals surface area contributed by atoms with Crippen LogP contribution in [0.15, 0.2) is 54.6 Å². The molecule has 4 amide bonds. The van der Waals surface area contributed by atoms with Gasteiger partial charge in [-0.15, -0.1) is 0 Å². The molecule has 1 saturated heterocycles. The van der Waals surface area contributed by atoms with Gasteiger partial charge in [0.05, 0.1) is 7.11 Å². The molecule has 2 aromatic rings. The van der Waals surface area contributed by atoms with E-state index in [1.165, 1.54) is 4.90 Å². The van der Waals surface area contributed by atoms with Gasteiger partial charge in [-0.1, -0.05) is 42.5 Å². The summed E-state index contributed by atoms with van der Waals surface area (Å²) in [6.45, 7) is 0.728. The molecule has 3 rings (SSSR count). The Hall–Kier alpha value is -3.35. The van der Waals surface area contributed by atoms with E-state index in [2.05, 4.69) is 10.6 Å². The number of benzene rings is 2. The van der Waals surface area contributed by atoms with E-state index in [9.17, 15) is 14.4 Å². The van der Waals surface area contributed by atoms with Crippen molar-refractivity contribution >= 4 is 17.8 Å². The van der Waals surface area contributed by atoms with E-state index in [0.717, 1.165) is 16.9 Å². The van der Waals surface area contributed by atoms with Crippen molar-refractivity contribution in [2.75, 3.05) is 13.7 Å². The predicted octanol–water partition coefficient (Wildman–Crippen LogP) is 2.25. The maximum Gasteiger partial charge on any atom is 0.324 e. The van der Waals surface area contributed by atoms with Gasteiger partial charge in [0, 0.05) is 19.5 Å². The second-order valence-electron chi connectivity index (χ2n) is 6.89. The largest absolute Gasteiger partial charge is 0.497 e. The topological polar surface area (TPSA) is 87.7 Å². The zero-order chi connectivity index (χ0) is 20.6. The SMILES string of the molecule is COc1ccc(CNC(=O)CC[C@@H]2NC(=O)N(CCc3ccccc3)C2=O)cc1. The number of ether oxygens (including phenoxy) is 1. The summed E-state index contributed by atoms with van der Waals surface area (Å²) < 4.78 is 5.10. The summed E-state index contributed by atoms with van der Waals surface area (Å²) in [5.74, 6) is 0.326. The Kier molecular flexibility index (Phi) is 6.84. The molecule has 2 aromatic carbocycles. The number of carbonyl (C=O) groups excluding carboxylic acids is 3. The summed E-state index contributed by atoms with van der Waals surface area (Å²) in [6.07, 6.45) is 1.05. The number of hydrogen-bond donors (Lipinski definition) is 2. The summed E-state index contributed by atoms with van der Waals surface area (Å²) in [4.78, 5) is 37.9. The molecule has 1 atom stereocenters. The number of methoxy groups -OCH3 is 1. The summed E-state index contributed by atoms with van der Waals surface area (Å²) in [6, 6.07) is 16.1. The van der Waals surface area contributed by atoms with Crippen LogP contribution in [0.25, 0.3) is 0 Å². The molecule has 29 heavy (non-hydrogen) atoms. The molecule has 0 radical (unpaired) electrons. The van der Waals surface area contributed by atoms with E-state index in [4.69, 9.17) is 4.74 Å². The summed E-state index contributed by atoms with van der Waals surface area (Å²) in [5.41, 5.74) is 2.02. The minimum absolute atomic E-state index is 0.161. The van der Waals surface area contributed by atoms with Gasteiger partial charge in [0.25, 0.3) is 5.91 Å². The lowest BCUT2D eigenvalue weighted by Gasteiger charge is -2.13. The average Bonchev–Trinajstić information content (AvgIpc) is 3.03. The minimum atomic E-state index is -0.648. The predicted molar refractivity (Wildman–Crippen MR) is 108 cm³/mol. The maximum absolute atomic E-state index is 12.5. The smallest absolute Gasteiger partial charge is 0.324 e. The fourth-order valence-corrected chi connectivity index (χ4v) is 3.18. The first kappa shape index (κ1) is 20.4. The molecule has 1 heterocycles. The zero-order valence-electron chi connectivity index (χ0n) is 16.4. The van der Waals surface area contributed by atoms with Crippen molar-refractivity contribution in [3.63, 3.8) is 0 Å². The summed E-state index contributed by atoms with van der Waals surface area (Å²) >= 11 is 0. The fourth-order valence-electron chi connectivity index (χ4n) is 3.18. The molecule has 7 heteroatoms. The van der Waals surface area contributed by atoms with E-state index in [1.54, 1.807) is 7.11 Å². The van der Waals surface area contributed by atoms with Crippen molar-refractivity contribution in [1.29, 1.82) is 0 Å². The first-order chi connectivity index (χ1) is 14.1. The van der Waals surface area contributed by atoms with Crippen molar-refractivity contribution in [2.45, 2.75) is 31.8 Å². The van der Waals surface area contributed by atoms with Crippen LogP contribution in [0, 0.1) is 0 Å². The van der Waals surface area contributed by atoms with Crippen LogP contribution in [-0.2, 0) is 22.6 Å². The van der Waals surface area contributed by atoms with Crippen LogP contribution in [-0.4, -0.2) is 42.4 Å². The van der Waals surface area contributed by atoms with Gasteiger partial charge in [0.1, 0.15) is 11.8 Å². The highest BCUT2D eigenvalue weighted by Crippen LogP contribution is 2.14. The van der Waals surface area contributed by atoms with Gasteiger partial charge >= 0.3 is 6.03 Å². The van der Waals surface area contributed by atoms with Crippen molar-refractivity contribution < 1.29 is 19.1 Å². The monoisotopic (exact) mass is 395 g/mol. The molecule has 0 unspecified atom stereocenters. The Bertz CT molecular complexity index is 852. The molecule has 0 aromatic heterocycles. The number of nitrogens with one attached hydrogen (secondary N) is 2. The lowest BCUT2D eigenvalue weighted by Crippen LogP contribution is -2.33. The van der Waals surface area contributed by atoms with E-state index in [-0.39, 0.29) is 24.7 Å². The number of nitrogens with zero attached hydrogens (tertiary/aromatic N) is 1. The Labute approximate surface area is 170 Å². The van der Waals surface area contributed by atoms with Crippen LogP contribution < -0.4 is 15.4 Å². The average molecular weight is 395 g/mol. The third-order valence-corrected chi connectivity index (χ3v) is 4.88. The number of rotatable bonds is 9. The Morgan fingerprint density at radius 1 is 1.07 bits per heavy atom. The highest BCUT2D eigenvalue weighted by molar-refractivity contribution is 6.04. The second-order valence-corrected chi connectivity index (χ2v) is 6.89. The maximum atomic E-state index is 12.5. The van der Waals surface area contributed by atoms with E-state index in [0.29, 0.717) is 19.5 Å². The molecule has 0 bridgehead atoms. The second kappa shape index (κ2) is 9.73.